The highest BCUT2D eigenvalue weighted by atomic mass is 28.4. The average Bonchev–Trinajstić information content (AvgIpc) is 2.37. The van der Waals surface area contributed by atoms with Crippen LogP contribution in [0.4, 0.5) is 0 Å². The Labute approximate surface area is 108 Å². The van der Waals surface area contributed by atoms with Gasteiger partial charge in [-0.2, -0.15) is 0 Å². The summed E-state index contributed by atoms with van der Waals surface area (Å²) in [7, 11) is 1.17. The van der Waals surface area contributed by atoms with E-state index in [1.807, 2.05) is 6.92 Å². The summed E-state index contributed by atoms with van der Waals surface area (Å²) in [5, 5.41) is -0.978. The molecule has 1 saturated heterocycles. The van der Waals surface area contributed by atoms with E-state index in [1.54, 1.807) is 0 Å². The van der Waals surface area contributed by atoms with E-state index in [4.69, 9.17) is 18.0 Å². The molecule has 1 fully saturated rings. The number of esters is 2. The molecule has 0 spiro atoms. The van der Waals surface area contributed by atoms with Gasteiger partial charge in [-0.25, -0.2) is 0 Å². The van der Waals surface area contributed by atoms with Gasteiger partial charge in [0.15, 0.2) is 0 Å². The van der Waals surface area contributed by atoms with E-state index in [-0.39, 0.29) is 6.42 Å². The third-order valence-corrected chi connectivity index (χ3v) is 6.91. The maximum absolute atomic E-state index is 12.2. The Morgan fingerprint density at radius 1 is 1.22 bits per heavy atom. The summed E-state index contributed by atoms with van der Waals surface area (Å²) in [6.07, 6.45) is 1.78. The van der Waals surface area contributed by atoms with E-state index in [0.717, 1.165) is 6.42 Å². The smallest absolute Gasteiger partial charge is 0.393 e. The van der Waals surface area contributed by atoms with Crippen LogP contribution >= 0.6 is 0 Å². The number of rotatable bonds is 6. The normalized spacial score (nSPS) is 25.1. The van der Waals surface area contributed by atoms with Crippen LogP contribution in [0.25, 0.3) is 0 Å². The van der Waals surface area contributed by atoms with Crippen LogP contribution in [0.5, 0.6) is 0 Å². The van der Waals surface area contributed by atoms with Gasteiger partial charge in [0.1, 0.15) is 5.04 Å². The third-order valence-electron chi connectivity index (χ3n) is 3.42. The molecule has 1 rings (SSSR count). The quantitative estimate of drug-likeness (QED) is 0.413. The third kappa shape index (κ3) is 2.23. The van der Waals surface area contributed by atoms with Crippen LogP contribution in [0.1, 0.15) is 32.6 Å². The molecule has 0 amide bonds. The zero-order chi connectivity index (χ0) is 13.8. The lowest BCUT2D eigenvalue weighted by Crippen LogP contribution is -2.60. The fourth-order valence-corrected chi connectivity index (χ4v) is 5.55. The van der Waals surface area contributed by atoms with Gasteiger partial charge in [-0.1, -0.05) is 13.3 Å². The highest BCUT2D eigenvalue weighted by molar-refractivity contribution is 6.68. The van der Waals surface area contributed by atoms with Gasteiger partial charge in [-0.05, 0) is 12.8 Å². The molecule has 0 aromatic heterocycles. The SMILES string of the molecule is CCCC1([Si](OC)(OC)OC)CCC(=O)OC1=O. The minimum Gasteiger partial charge on any atom is -0.393 e. The molecular formula is C11H20O6Si. The number of ether oxygens (including phenoxy) is 1. The van der Waals surface area contributed by atoms with Gasteiger partial charge < -0.3 is 18.0 Å². The van der Waals surface area contributed by atoms with Crippen LogP contribution in [0, 0.1) is 0 Å². The maximum Gasteiger partial charge on any atom is 0.518 e. The fraction of sp³-hybridized carbons (Fsp3) is 0.818. The zero-order valence-corrected chi connectivity index (χ0v) is 12.3. The Bertz CT molecular complexity index is 319. The van der Waals surface area contributed by atoms with Crippen LogP contribution in [0.2, 0.25) is 5.04 Å². The molecule has 1 aliphatic heterocycles. The number of carbonyl (C=O) groups is 2. The van der Waals surface area contributed by atoms with Gasteiger partial charge in [0.05, 0.1) is 0 Å². The summed E-state index contributed by atoms with van der Waals surface area (Å²) in [4.78, 5) is 23.4. The maximum atomic E-state index is 12.2. The lowest BCUT2D eigenvalue weighted by molar-refractivity contribution is -0.168. The number of carbonyl (C=O) groups excluding carboxylic acids is 2. The van der Waals surface area contributed by atoms with Gasteiger partial charge in [0.25, 0.3) is 0 Å². The molecule has 0 saturated carbocycles. The molecular weight excluding hydrogens is 256 g/mol. The van der Waals surface area contributed by atoms with Gasteiger partial charge >= 0.3 is 20.7 Å². The second-order valence-corrected chi connectivity index (χ2v) is 7.56. The Morgan fingerprint density at radius 3 is 2.17 bits per heavy atom. The summed E-state index contributed by atoms with van der Waals surface area (Å²) < 4.78 is 21.0. The molecule has 6 nitrogen and oxygen atoms in total. The van der Waals surface area contributed by atoms with Crippen molar-refractivity contribution < 1.29 is 27.6 Å². The molecule has 104 valence electrons. The van der Waals surface area contributed by atoms with Crippen LogP contribution in [-0.2, 0) is 27.6 Å². The van der Waals surface area contributed by atoms with E-state index in [1.165, 1.54) is 21.3 Å². The van der Waals surface area contributed by atoms with Crippen LogP contribution in [-0.4, -0.2) is 42.1 Å². The van der Waals surface area contributed by atoms with Crippen molar-refractivity contribution in [3.63, 3.8) is 0 Å². The molecule has 1 unspecified atom stereocenters. The van der Waals surface area contributed by atoms with Crippen molar-refractivity contribution in [3.8, 4) is 0 Å². The van der Waals surface area contributed by atoms with E-state index in [0.29, 0.717) is 12.8 Å². The molecule has 1 heterocycles. The predicted octanol–water partition coefficient (Wildman–Crippen LogP) is 1.27. The van der Waals surface area contributed by atoms with Gasteiger partial charge in [-0.3, -0.25) is 9.59 Å². The molecule has 18 heavy (non-hydrogen) atoms. The van der Waals surface area contributed by atoms with E-state index < -0.39 is 25.8 Å². The van der Waals surface area contributed by atoms with Crippen molar-refractivity contribution >= 4 is 20.7 Å². The average molecular weight is 276 g/mol. The Kier molecular flexibility index (Phi) is 5.03. The van der Waals surface area contributed by atoms with E-state index in [9.17, 15) is 9.59 Å². The molecule has 0 aromatic carbocycles. The molecule has 1 atom stereocenters. The first kappa shape index (κ1) is 15.3. The molecule has 0 radical (unpaired) electrons. The van der Waals surface area contributed by atoms with Crippen molar-refractivity contribution in [2.24, 2.45) is 0 Å². The van der Waals surface area contributed by atoms with Crippen LogP contribution in [0.15, 0.2) is 0 Å². The highest BCUT2D eigenvalue weighted by Crippen LogP contribution is 2.50. The fourth-order valence-electron chi connectivity index (χ4n) is 2.59. The van der Waals surface area contributed by atoms with Crippen LogP contribution in [0.3, 0.4) is 0 Å². The second-order valence-electron chi connectivity index (χ2n) is 4.26. The molecule has 0 bridgehead atoms. The summed E-state index contributed by atoms with van der Waals surface area (Å²) >= 11 is 0. The van der Waals surface area contributed by atoms with Crippen molar-refractivity contribution in [1.82, 2.24) is 0 Å². The number of hydrogen-bond donors (Lipinski definition) is 0. The van der Waals surface area contributed by atoms with Crippen molar-refractivity contribution in [2.75, 3.05) is 21.3 Å². The topological polar surface area (TPSA) is 71.1 Å². The van der Waals surface area contributed by atoms with E-state index in [2.05, 4.69) is 0 Å². The number of cyclic esters (lactones) is 2. The summed E-state index contributed by atoms with van der Waals surface area (Å²) in [6.45, 7) is 1.95. The minimum atomic E-state index is -3.21. The Morgan fingerprint density at radius 2 is 1.78 bits per heavy atom. The summed E-state index contributed by atoms with van der Waals surface area (Å²) in [5.74, 6) is -1.09. The summed E-state index contributed by atoms with van der Waals surface area (Å²) in [6, 6.07) is 0. The first-order valence-corrected chi connectivity index (χ1v) is 7.65. The molecule has 0 aromatic rings. The Balaban J connectivity index is 3.20. The van der Waals surface area contributed by atoms with Gasteiger partial charge in [0.2, 0.25) is 0 Å². The standard InChI is InChI=1S/C11H20O6Si/c1-5-7-11(18(14-2,15-3)16-4)8-6-9(12)17-10(11)13/h5-8H2,1-4H3. The lowest BCUT2D eigenvalue weighted by Gasteiger charge is -2.42. The lowest BCUT2D eigenvalue weighted by atomic mass is 9.94. The van der Waals surface area contributed by atoms with Gasteiger partial charge in [-0.15, -0.1) is 0 Å². The van der Waals surface area contributed by atoms with Gasteiger partial charge in [0, 0.05) is 27.8 Å². The first-order valence-electron chi connectivity index (χ1n) is 5.92. The summed E-state index contributed by atoms with van der Waals surface area (Å²) in [5.41, 5.74) is 0. The van der Waals surface area contributed by atoms with Crippen molar-refractivity contribution in [2.45, 2.75) is 37.6 Å². The van der Waals surface area contributed by atoms with Crippen molar-refractivity contribution in [1.29, 1.82) is 0 Å². The Hall–Kier alpha value is -0.763. The minimum absolute atomic E-state index is 0.177. The van der Waals surface area contributed by atoms with E-state index >= 15 is 0 Å². The highest BCUT2D eigenvalue weighted by Gasteiger charge is 2.66. The first-order chi connectivity index (χ1) is 8.51. The molecule has 0 N–H and O–H groups in total. The molecule has 1 aliphatic rings. The van der Waals surface area contributed by atoms with Crippen molar-refractivity contribution in [3.05, 3.63) is 0 Å². The number of hydrogen-bond acceptors (Lipinski definition) is 6. The zero-order valence-electron chi connectivity index (χ0n) is 11.3. The molecule has 0 aliphatic carbocycles. The van der Waals surface area contributed by atoms with Crippen LogP contribution < -0.4 is 0 Å². The largest absolute Gasteiger partial charge is 0.518 e. The second kappa shape index (κ2) is 5.92. The predicted molar refractivity (Wildman–Crippen MR) is 64.7 cm³/mol. The monoisotopic (exact) mass is 276 g/mol. The molecule has 7 heteroatoms.